The number of aromatic nitrogens is 3. The summed E-state index contributed by atoms with van der Waals surface area (Å²) in [6.07, 6.45) is 4.31. The summed E-state index contributed by atoms with van der Waals surface area (Å²) in [5.74, 6) is 3.59. The normalized spacial score (nSPS) is 19.8. The fourth-order valence-corrected chi connectivity index (χ4v) is 4.28. The number of hydrogen-bond acceptors (Lipinski definition) is 5. The number of nitrogens with zero attached hydrogens (tertiary/aromatic N) is 4. The average Bonchev–Trinajstić information content (AvgIpc) is 3.04. The van der Waals surface area contributed by atoms with Gasteiger partial charge in [-0.3, -0.25) is 4.79 Å². The predicted octanol–water partition coefficient (Wildman–Crippen LogP) is 1.77. The highest BCUT2D eigenvalue weighted by Crippen LogP contribution is 2.24. The number of piperidine rings is 1. The predicted molar refractivity (Wildman–Crippen MR) is 106 cm³/mol. The van der Waals surface area contributed by atoms with Crippen LogP contribution in [0.5, 0.6) is 5.75 Å². The molecule has 0 radical (unpaired) electrons. The minimum absolute atomic E-state index is 0.200. The second-order valence-electron chi connectivity index (χ2n) is 7.61. The molecule has 4 rings (SSSR count). The molecule has 1 aromatic heterocycles. The van der Waals surface area contributed by atoms with E-state index >= 15 is 0 Å². The second kappa shape index (κ2) is 8.73. The van der Waals surface area contributed by atoms with Crippen LogP contribution < -0.4 is 10.1 Å². The van der Waals surface area contributed by atoms with E-state index in [4.69, 9.17) is 4.74 Å². The van der Waals surface area contributed by atoms with Crippen LogP contribution >= 0.6 is 0 Å². The van der Waals surface area contributed by atoms with Crippen molar-refractivity contribution in [3.63, 3.8) is 0 Å². The van der Waals surface area contributed by atoms with Gasteiger partial charge in [0.25, 0.3) is 0 Å². The Hall–Kier alpha value is -2.41. The number of aryl methyl sites for hydroxylation is 1. The molecular weight excluding hydrogens is 354 g/mol. The molecule has 3 heterocycles. The monoisotopic (exact) mass is 383 g/mol. The number of methoxy groups -OCH3 is 1. The van der Waals surface area contributed by atoms with Gasteiger partial charge in [0.05, 0.1) is 7.11 Å². The third-order valence-electron chi connectivity index (χ3n) is 5.87. The van der Waals surface area contributed by atoms with E-state index in [0.717, 1.165) is 62.0 Å². The van der Waals surface area contributed by atoms with E-state index in [0.29, 0.717) is 25.3 Å². The zero-order valence-corrected chi connectivity index (χ0v) is 16.6. The van der Waals surface area contributed by atoms with E-state index in [2.05, 4.69) is 20.1 Å². The number of para-hydroxylation sites is 1. The Morgan fingerprint density at radius 3 is 2.96 bits per heavy atom. The number of fused-ring (bicyclic) bond motifs is 1. The third kappa shape index (κ3) is 4.04. The zero-order valence-electron chi connectivity index (χ0n) is 16.6. The topological polar surface area (TPSA) is 72.3 Å². The van der Waals surface area contributed by atoms with Gasteiger partial charge in [-0.05, 0) is 37.4 Å². The molecule has 0 unspecified atom stereocenters. The molecule has 7 heteroatoms. The molecule has 2 aromatic rings. The van der Waals surface area contributed by atoms with Crippen LogP contribution in [0.15, 0.2) is 24.3 Å². The van der Waals surface area contributed by atoms with Crippen LogP contribution in [0.1, 0.15) is 42.4 Å². The maximum atomic E-state index is 12.8. The van der Waals surface area contributed by atoms with Crippen molar-refractivity contribution in [1.82, 2.24) is 25.0 Å². The lowest BCUT2D eigenvalue weighted by Gasteiger charge is -2.23. The molecule has 1 saturated heterocycles. The summed E-state index contributed by atoms with van der Waals surface area (Å²) in [5.41, 5.74) is 1.08. The highest BCUT2D eigenvalue weighted by atomic mass is 16.5. The maximum absolute atomic E-state index is 12.8. The number of ether oxygens (including phenoxy) is 1. The Kier molecular flexibility index (Phi) is 5.90. The Labute approximate surface area is 166 Å². The van der Waals surface area contributed by atoms with E-state index in [1.54, 1.807) is 7.11 Å². The number of rotatable bonds is 5. The molecule has 7 nitrogen and oxygen atoms in total. The molecule has 0 aliphatic carbocycles. The molecular formula is C21H29N5O2. The fourth-order valence-electron chi connectivity index (χ4n) is 4.28. The first-order chi connectivity index (χ1) is 13.8. The summed E-state index contributed by atoms with van der Waals surface area (Å²) in [6.45, 7) is 4.29. The lowest BCUT2D eigenvalue weighted by atomic mass is 9.99. The van der Waals surface area contributed by atoms with Crippen molar-refractivity contribution >= 4 is 5.91 Å². The summed E-state index contributed by atoms with van der Waals surface area (Å²) >= 11 is 0. The first-order valence-corrected chi connectivity index (χ1v) is 10.3. The van der Waals surface area contributed by atoms with Crippen LogP contribution in [0.25, 0.3) is 0 Å². The minimum atomic E-state index is 0.200. The molecule has 2 aliphatic heterocycles. The van der Waals surface area contributed by atoms with Crippen molar-refractivity contribution in [2.75, 3.05) is 33.3 Å². The fraction of sp³-hybridized carbons (Fsp3) is 0.571. The standard InChI is InChI=1S/C21H29N5O2/c1-28-18-7-3-2-5-16(18)8-9-20(27)25-12-10-19-23-24-21(26(19)14-13-25)17-6-4-11-22-15-17/h2-3,5,7,17,22H,4,6,8-15H2,1H3/t17-/m0/s1. The molecule has 150 valence electrons. The van der Waals surface area contributed by atoms with E-state index in [1.807, 2.05) is 29.2 Å². The van der Waals surface area contributed by atoms with Gasteiger partial charge in [-0.1, -0.05) is 18.2 Å². The van der Waals surface area contributed by atoms with Crippen LogP contribution in [-0.4, -0.2) is 58.9 Å². The van der Waals surface area contributed by atoms with Gasteiger partial charge < -0.3 is 19.5 Å². The van der Waals surface area contributed by atoms with Crippen LogP contribution in [-0.2, 0) is 24.2 Å². The molecule has 1 N–H and O–H groups in total. The molecule has 1 aromatic carbocycles. The van der Waals surface area contributed by atoms with Gasteiger partial charge in [0.1, 0.15) is 17.4 Å². The molecule has 1 fully saturated rings. The Balaban J connectivity index is 1.37. The minimum Gasteiger partial charge on any atom is -0.496 e. The van der Waals surface area contributed by atoms with Crippen molar-refractivity contribution in [3.8, 4) is 5.75 Å². The summed E-state index contributed by atoms with van der Waals surface area (Å²) in [7, 11) is 1.67. The van der Waals surface area contributed by atoms with Gasteiger partial charge in [0.15, 0.2) is 0 Å². The summed E-state index contributed by atoms with van der Waals surface area (Å²) in [4.78, 5) is 14.8. The smallest absolute Gasteiger partial charge is 0.222 e. The zero-order chi connectivity index (χ0) is 19.3. The van der Waals surface area contributed by atoms with Gasteiger partial charge in [-0.15, -0.1) is 10.2 Å². The summed E-state index contributed by atoms with van der Waals surface area (Å²) < 4.78 is 7.65. The molecule has 1 atom stereocenters. The van der Waals surface area contributed by atoms with Crippen LogP contribution in [0, 0.1) is 0 Å². The number of carbonyl (C=O) groups is 1. The lowest BCUT2D eigenvalue weighted by Crippen LogP contribution is -2.34. The van der Waals surface area contributed by atoms with E-state index in [1.165, 1.54) is 6.42 Å². The van der Waals surface area contributed by atoms with Crippen LogP contribution in [0.3, 0.4) is 0 Å². The third-order valence-corrected chi connectivity index (χ3v) is 5.87. The maximum Gasteiger partial charge on any atom is 0.222 e. The molecule has 28 heavy (non-hydrogen) atoms. The molecule has 0 spiro atoms. The van der Waals surface area contributed by atoms with Gasteiger partial charge in [0.2, 0.25) is 5.91 Å². The van der Waals surface area contributed by atoms with Crippen molar-refractivity contribution in [2.45, 2.75) is 44.6 Å². The van der Waals surface area contributed by atoms with E-state index in [-0.39, 0.29) is 5.91 Å². The number of benzene rings is 1. The first-order valence-electron chi connectivity index (χ1n) is 10.3. The number of hydrogen-bond donors (Lipinski definition) is 1. The molecule has 0 bridgehead atoms. The molecule has 0 saturated carbocycles. The van der Waals surface area contributed by atoms with Gasteiger partial charge >= 0.3 is 0 Å². The van der Waals surface area contributed by atoms with Crippen molar-refractivity contribution < 1.29 is 9.53 Å². The highest BCUT2D eigenvalue weighted by molar-refractivity contribution is 5.76. The van der Waals surface area contributed by atoms with Crippen LogP contribution in [0.2, 0.25) is 0 Å². The van der Waals surface area contributed by atoms with Crippen molar-refractivity contribution in [3.05, 3.63) is 41.5 Å². The summed E-state index contributed by atoms with van der Waals surface area (Å²) in [6, 6.07) is 7.91. The van der Waals surface area contributed by atoms with Gasteiger partial charge in [-0.25, -0.2) is 0 Å². The molecule has 1 amide bonds. The first kappa shape index (κ1) is 18.9. The highest BCUT2D eigenvalue weighted by Gasteiger charge is 2.26. The number of nitrogens with one attached hydrogen (secondary N) is 1. The second-order valence-corrected chi connectivity index (χ2v) is 7.61. The largest absolute Gasteiger partial charge is 0.496 e. The number of carbonyl (C=O) groups excluding carboxylic acids is 1. The lowest BCUT2D eigenvalue weighted by molar-refractivity contribution is -0.131. The van der Waals surface area contributed by atoms with Crippen LogP contribution in [0.4, 0.5) is 0 Å². The average molecular weight is 383 g/mol. The van der Waals surface area contributed by atoms with E-state index in [9.17, 15) is 4.79 Å². The molecule has 2 aliphatic rings. The van der Waals surface area contributed by atoms with Crippen molar-refractivity contribution in [2.24, 2.45) is 0 Å². The SMILES string of the molecule is COc1ccccc1CCC(=O)N1CCc2nnc([C@H]3CCCNC3)n2CC1. The Bertz CT molecular complexity index is 813. The van der Waals surface area contributed by atoms with Crippen molar-refractivity contribution in [1.29, 1.82) is 0 Å². The quantitative estimate of drug-likeness (QED) is 0.852. The summed E-state index contributed by atoms with van der Waals surface area (Å²) in [5, 5.41) is 12.4. The van der Waals surface area contributed by atoms with Gasteiger partial charge in [0, 0.05) is 44.9 Å². The number of amides is 1. The van der Waals surface area contributed by atoms with Gasteiger partial charge in [-0.2, -0.15) is 0 Å². The van der Waals surface area contributed by atoms with E-state index < -0.39 is 0 Å². The Morgan fingerprint density at radius 2 is 2.14 bits per heavy atom. The Morgan fingerprint density at radius 1 is 1.25 bits per heavy atom.